The van der Waals surface area contributed by atoms with Gasteiger partial charge in [-0.1, -0.05) is 19.3 Å². The van der Waals surface area contributed by atoms with Crippen LogP contribution >= 0.6 is 0 Å². The largest absolute Gasteiger partial charge is 0.347 e. The summed E-state index contributed by atoms with van der Waals surface area (Å²) in [6.45, 7) is 4.82. The number of piperidine rings is 1. The molecule has 20 heavy (non-hydrogen) atoms. The van der Waals surface area contributed by atoms with Crippen LogP contribution in [0.2, 0.25) is 0 Å². The number of likely N-dealkylation sites (tertiary alicyclic amines) is 1. The van der Waals surface area contributed by atoms with Crippen molar-refractivity contribution in [1.82, 2.24) is 20.2 Å². The number of rotatable bonds is 2. The van der Waals surface area contributed by atoms with Crippen LogP contribution < -0.4 is 5.32 Å². The van der Waals surface area contributed by atoms with E-state index in [4.69, 9.17) is 0 Å². The molecule has 1 saturated heterocycles. The maximum absolute atomic E-state index is 4.45. The lowest BCUT2D eigenvalue weighted by molar-refractivity contribution is 0.0789. The van der Waals surface area contributed by atoms with Crippen molar-refractivity contribution >= 4 is 0 Å². The second kappa shape index (κ2) is 5.49. The summed E-state index contributed by atoms with van der Waals surface area (Å²) in [5.74, 6) is 2.03. The Labute approximate surface area is 121 Å². The standard InChI is InChI=1S/C16H26N4/c1-2-4-13-9-20(6-5-12(13)3-1)10-14-7-15-16(8-17-14)19-11-18-15/h11-14,17H,1-10H2,(H,18,19). The minimum absolute atomic E-state index is 0.589. The maximum Gasteiger partial charge on any atom is 0.0925 e. The monoisotopic (exact) mass is 274 g/mol. The van der Waals surface area contributed by atoms with Crippen LogP contribution in [-0.2, 0) is 13.0 Å². The molecular weight excluding hydrogens is 248 g/mol. The first-order chi connectivity index (χ1) is 9.88. The zero-order valence-corrected chi connectivity index (χ0v) is 12.3. The molecule has 0 amide bonds. The number of imidazole rings is 1. The van der Waals surface area contributed by atoms with Gasteiger partial charge in [-0.15, -0.1) is 0 Å². The molecule has 2 fully saturated rings. The van der Waals surface area contributed by atoms with Gasteiger partial charge < -0.3 is 15.2 Å². The molecule has 2 aliphatic heterocycles. The summed E-state index contributed by atoms with van der Waals surface area (Å²) in [5.41, 5.74) is 2.56. The molecule has 110 valence electrons. The predicted molar refractivity (Wildman–Crippen MR) is 79.4 cm³/mol. The summed E-state index contributed by atoms with van der Waals surface area (Å²) in [4.78, 5) is 10.4. The van der Waals surface area contributed by atoms with Crippen LogP contribution in [0.4, 0.5) is 0 Å². The zero-order chi connectivity index (χ0) is 13.4. The molecular formula is C16H26N4. The first-order valence-electron chi connectivity index (χ1n) is 8.35. The second-order valence-electron chi connectivity index (χ2n) is 6.96. The van der Waals surface area contributed by atoms with Crippen molar-refractivity contribution in [3.8, 4) is 0 Å². The van der Waals surface area contributed by atoms with E-state index in [1.807, 2.05) is 6.33 Å². The molecule has 2 N–H and O–H groups in total. The minimum atomic E-state index is 0.589. The molecule has 4 nitrogen and oxygen atoms in total. The number of aromatic amines is 1. The summed E-state index contributed by atoms with van der Waals surface area (Å²) in [6.07, 6.45) is 10.3. The van der Waals surface area contributed by atoms with Gasteiger partial charge in [0.15, 0.2) is 0 Å². The Morgan fingerprint density at radius 3 is 3.05 bits per heavy atom. The van der Waals surface area contributed by atoms with Gasteiger partial charge in [0.2, 0.25) is 0 Å². The van der Waals surface area contributed by atoms with Gasteiger partial charge in [-0.05, 0) is 31.2 Å². The number of nitrogens with one attached hydrogen (secondary N) is 2. The van der Waals surface area contributed by atoms with Crippen LogP contribution in [0.1, 0.15) is 43.5 Å². The van der Waals surface area contributed by atoms with Gasteiger partial charge in [0, 0.05) is 32.1 Å². The van der Waals surface area contributed by atoms with Crippen LogP contribution in [0.3, 0.4) is 0 Å². The van der Waals surface area contributed by atoms with E-state index in [0.717, 1.165) is 24.8 Å². The minimum Gasteiger partial charge on any atom is -0.347 e. The lowest BCUT2D eigenvalue weighted by Crippen LogP contribution is -2.49. The third kappa shape index (κ3) is 2.51. The summed E-state index contributed by atoms with van der Waals surface area (Å²) >= 11 is 0. The molecule has 0 bridgehead atoms. The van der Waals surface area contributed by atoms with Crippen LogP contribution in [0.15, 0.2) is 6.33 Å². The maximum atomic E-state index is 4.45. The molecule has 3 unspecified atom stereocenters. The third-order valence-corrected chi connectivity index (χ3v) is 5.67. The fraction of sp³-hybridized carbons (Fsp3) is 0.812. The number of nitrogens with zero attached hydrogens (tertiary/aromatic N) is 2. The lowest BCUT2D eigenvalue weighted by atomic mass is 9.75. The number of H-pyrrole nitrogens is 1. The van der Waals surface area contributed by atoms with Crippen LogP contribution in [0.5, 0.6) is 0 Å². The zero-order valence-electron chi connectivity index (χ0n) is 12.3. The molecule has 1 aromatic heterocycles. The van der Waals surface area contributed by atoms with Gasteiger partial charge in [-0.25, -0.2) is 4.98 Å². The van der Waals surface area contributed by atoms with Gasteiger partial charge in [0.1, 0.15) is 0 Å². The average molecular weight is 274 g/mol. The summed E-state index contributed by atoms with van der Waals surface area (Å²) in [6, 6.07) is 0.589. The van der Waals surface area contributed by atoms with Crippen molar-refractivity contribution in [2.24, 2.45) is 11.8 Å². The molecule has 0 aromatic carbocycles. The molecule has 1 aliphatic carbocycles. The average Bonchev–Trinajstić information content (AvgIpc) is 2.95. The molecule has 3 atom stereocenters. The van der Waals surface area contributed by atoms with E-state index in [1.54, 1.807) is 0 Å². The highest BCUT2D eigenvalue weighted by molar-refractivity contribution is 5.16. The van der Waals surface area contributed by atoms with E-state index in [9.17, 15) is 0 Å². The molecule has 1 saturated carbocycles. The van der Waals surface area contributed by atoms with Gasteiger partial charge in [0.25, 0.3) is 0 Å². The Balaban J connectivity index is 1.34. The van der Waals surface area contributed by atoms with Gasteiger partial charge in [-0.3, -0.25) is 0 Å². The van der Waals surface area contributed by atoms with Crippen molar-refractivity contribution < 1.29 is 0 Å². The van der Waals surface area contributed by atoms with E-state index in [0.29, 0.717) is 6.04 Å². The van der Waals surface area contributed by atoms with Crippen molar-refractivity contribution in [2.75, 3.05) is 19.6 Å². The number of fused-ring (bicyclic) bond motifs is 2. The number of aromatic nitrogens is 2. The quantitative estimate of drug-likeness (QED) is 0.866. The highest BCUT2D eigenvalue weighted by atomic mass is 15.2. The summed E-state index contributed by atoms with van der Waals surface area (Å²) in [5, 5.41) is 3.67. The molecule has 1 aromatic rings. The van der Waals surface area contributed by atoms with E-state index < -0.39 is 0 Å². The van der Waals surface area contributed by atoms with Crippen LogP contribution in [0, 0.1) is 11.8 Å². The normalized spacial score (nSPS) is 34.5. The molecule has 4 rings (SSSR count). The second-order valence-corrected chi connectivity index (χ2v) is 6.96. The summed E-state index contributed by atoms with van der Waals surface area (Å²) < 4.78 is 0. The van der Waals surface area contributed by atoms with E-state index in [1.165, 1.54) is 63.1 Å². The van der Waals surface area contributed by atoms with E-state index >= 15 is 0 Å². The Bertz CT molecular complexity index is 455. The van der Waals surface area contributed by atoms with Crippen molar-refractivity contribution in [2.45, 2.75) is 51.1 Å². The van der Waals surface area contributed by atoms with Crippen molar-refractivity contribution in [3.63, 3.8) is 0 Å². The fourth-order valence-electron chi connectivity index (χ4n) is 4.51. The topological polar surface area (TPSA) is 44.0 Å². The molecule has 3 heterocycles. The summed E-state index contributed by atoms with van der Waals surface area (Å²) in [7, 11) is 0. The molecule has 0 spiro atoms. The molecule has 3 aliphatic rings. The van der Waals surface area contributed by atoms with E-state index in [-0.39, 0.29) is 0 Å². The van der Waals surface area contributed by atoms with Crippen molar-refractivity contribution in [1.29, 1.82) is 0 Å². The highest BCUT2D eigenvalue weighted by Crippen LogP contribution is 2.36. The third-order valence-electron chi connectivity index (χ3n) is 5.67. The SMILES string of the molecule is c1nc2c([nH]1)CNC(CN1CCC3CCCCC3C1)C2. The molecule has 4 heteroatoms. The highest BCUT2D eigenvalue weighted by Gasteiger charge is 2.32. The fourth-order valence-corrected chi connectivity index (χ4v) is 4.51. The molecule has 0 radical (unpaired) electrons. The Morgan fingerprint density at radius 2 is 2.10 bits per heavy atom. The first kappa shape index (κ1) is 12.8. The smallest absolute Gasteiger partial charge is 0.0925 e. The first-order valence-corrected chi connectivity index (χ1v) is 8.35. The van der Waals surface area contributed by atoms with Crippen LogP contribution in [0.25, 0.3) is 0 Å². The lowest BCUT2D eigenvalue weighted by Gasteiger charge is -2.42. The van der Waals surface area contributed by atoms with Gasteiger partial charge in [0.05, 0.1) is 17.7 Å². The van der Waals surface area contributed by atoms with Crippen molar-refractivity contribution in [3.05, 3.63) is 17.7 Å². The van der Waals surface area contributed by atoms with Crippen LogP contribution in [-0.4, -0.2) is 40.5 Å². The predicted octanol–water partition coefficient (Wildman–Crippen LogP) is 1.94. The number of hydrogen-bond acceptors (Lipinski definition) is 3. The van der Waals surface area contributed by atoms with Gasteiger partial charge >= 0.3 is 0 Å². The Hall–Kier alpha value is -0.870. The Morgan fingerprint density at radius 1 is 1.20 bits per heavy atom. The van der Waals surface area contributed by atoms with E-state index in [2.05, 4.69) is 20.2 Å². The van der Waals surface area contributed by atoms with Gasteiger partial charge in [-0.2, -0.15) is 0 Å². The number of hydrogen-bond donors (Lipinski definition) is 2. The Kier molecular flexibility index (Phi) is 3.52.